The Labute approximate surface area is 99.8 Å². The molecule has 0 radical (unpaired) electrons. The van der Waals surface area contributed by atoms with Crippen molar-refractivity contribution in [3.63, 3.8) is 0 Å². The lowest BCUT2D eigenvalue weighted by molar-refractivity contribution is 0.109. The number of allylic oxidation sites excluding steroid dienone is 4. The normalized spacial score (nSPS) is 50.9. The van der Waals surface area contributed by atoms with Crippen molar-refractivity contribution in [3.8, 4) is 0 Å². The third kappa shape index (κ3) is 1.49. The molecular formula is C16H24. The highest BCUT2D eigenvalue weighted by atomic mass is 14.5. The smallest absolute Gasteiger partial charge is 0.00608 e. The average Bonchev–Trinajstić information content (AvgIpc) is 2.38. The van der Waals surface area contributed by atoms with Gasteiger partial charge < -0.3 is 0 Å². The molecule has 0 heterocycles. The van der Waals surface area contributed by atoms with Crippen LogP contribution in [0.3, 0.4) is 0 Å². The van der Waals surface area contributed by atoms with E-state index in [-0.39, 0.29) is 0 Å². The Hall–Kier alpha value is -0.520. The van der Waals surface area contributed by atoms with Crippen LogP contribution < -0.4 is 0 Å². The second-order valence-electron chi connectivity index (χ2n) is 6.78. The minimum Gasteiger partial charge on any atom is -0.0871 e. The number of hydrogen-bond donors (Lipinski definition) is 0. The van der Waals surface area contributed by atoms with Crippen molar-refractivity contribution in [2.75, 3.05) is 0 Å². The number of rotatable bonds is 0. The van der Waals surface area contributed by atoms with E-state index in [9.17, 15) is 0 Å². The van der Waals surface area contributed by atoms with E-state index in [4.69, 9.17) is 0 Å². The molecule has 0 unspecified atom stereocenters. The van der Waals surface area contributed by atoms with Crippen molar-refractivity contribution in [2.45, 2.75) is 52.4 Å². The Balaban J connectivity index is 2.08. The van der Waals surface area contributed by atoms with Crippen molar-refractivity contribution >= 4 is 0 Å². The van der Waals surface area contributed by atoms with Crippen molar-refractivity contribution < 1.29 is 0 Å². The summed E-state index contributed by atoms with van der Waals surface area (Å²) in [7, 11) is 0. The van der Waals surface area contributed by atoms with E-state index in [0.717, 1.165) is 11.8 Å². The summed E-state index contributed by atoms with van der Waals surface area (Å²) < 4.78 is 0. The van der Waals surface area contributed by atoms with Gasteiger partial charge in [-0.3, -0.25) is 0 Å². The highest BCUT2D eigenvalue weighted by molar-refractivity contribution is 5.18. The van der Waals surface area contributed by atoms with Gasteiger partial charge in [-0.1, -0.05) is 38.2 Å². The monoisotopic (exact) mass is 216 g/mol. The molecule has 0 spiro atoms. The molecule has 16 heavy (non-hydrogen) atoms. The summed E-state index contributed by atoms with van der Waals surface area (Å²) in [5.74, 6) is 1.87. The Kier molecular flexibility index (Phi) is 2.31. The molecule has 4 bridgehead atoms. The fraction of sp³-hybridized carbons (Fsp3) is 0.750. The van der Waals surface area contributed by atoms with Crippen LogP contribution in [0, 0.1) is 22.7 Å². The topological polar surface area (TPSA) is 0 Å². The number of hydrogen-bond acceptors (Lipinski definition) is 0. The molecule has 88 valence electrons. The Morgan fingerprint density at radius 3 is 1.88 bits per heavy atom. The van der Waals surface area contributed by atoms with Gasteiger partial charge in [0, 0.05) is 5.41 Å². The van der Waals surface area contributed by atoms with Gasteiger partial charge in [-0.25, -0.2) is 0 Å². The van der Waals surface area contributed by atoms with Crippen LogP contribution in [-0.2, 0) is 0 Å². The lowest BCUT2D eigenvalue weighted by Gasteiger charge is -2.41. The van der Waals surface area contributed by atoms with E-state index in [2.05, 4.69) is 38.2 Å². The maximum atomic E-state index is 2.51. The van der Waals surface area contributed by atoms with Crippen LogP contribution in [-0.4, -0.2) is 0 Å². The highest BCUT2D eigenvalue weighted by Gasteiger charge is 2.42. The van der Waals surface area contributed by atoms with E-state index in [1.54, 1.807) is 0 Å². The summed E-state index contributed by atoms with van der Waals surface area (Å²) in [6.45, 7) is 4.96. The summed E-state index contributed by atoms with van der Waals surface area (Å²) in [5.41, 5.74) is 0.903. The van der Waals surface area contributed by atoms with Crippen molar-refractivity contribution in [2.24, 2.45) is 22.7 Å². The summed E-state index contributed by atoms with van der Waals surface area (Å²) >= 11 is 0. The zero-order valence-corrected chi connectivity index (χ0v) is 10.7. The van der Waals surface area contributed by atoms with E-state index in [1.165, 1.54) is 38.5 Å². The van der Waals surface area contributed by atoms with Gasteiger partial charge in [0.05, 0.1) is 0 Å². The predicted molar refractivity (Wildman–Crippen MR) is 69.2 cm³/mol. The first-order valence-corrected chi connectivity index (χ1v) is 6.98. The summed E-state index contributed by atoms with van der Waals surface area (Å²) in [5, 5.41) is 0. The summed E-state index contributed by atoms with van der Waals surface area (Å²) in [4.78, 5) is 0. The van der Waals surface area contributed by atoms with Crippen LogP contribution >= 0.6 is 0 Å². The molecule has 6 aliphatic carbocycles. The van der Waals surface area contributed by atoms with Crippen LogP contribution in [0.4, 0.5) is 0 Å². The standard InChI is InChI=1S/C16H24/c1-15-9-3-11-16(2,12-4-10-15)14-7-5-13(15)6-8-14/h3-4,9-10,13-14H,5-8,11-12H2,1-2H3. The quantitative estimate of drug-likeness (QED) is 0.514. The molecule has 0 aliphatic heterocycles. The zero-order valence-electron chi connectivity index (χ0n) is 10.7. The van der Waals surface area contributed by atoms with Gasteiger partial charge in [0.15, 0.2) is 0 Å². The molecule has 0 saturated heterocycles. The van der Waals surface area contributed by atoms with Crippen LogP contribution in [0.25, 0.3) is 0 Å². The summed E-state index contributed by atoms with van der Waals surface area (Å²) in [6, 6.07) is 0. The minimum absolute atomic E-state index is 0.358. The largest absolute Gasteiger partial charge is 0.0871 e. The Morgan fingerprint density at radius 1 is 0.812 bits per heavy atom. The second-order valence-corrected chi connectivity index (χ2v) is 6.78. The maximum absolute atomic E-state index is 2.51. The third-order valence-electron chi connectivity index (χ3n) is 5.71. The molecule has 6 aliphatic rings. The van der Waals surface area contributed by atoms with Crippen molar-refractivity contribution in [3.05, 3.63) is 24.3 Å². The maximum Gasteiger partial charge on any atom is 0.00608 e. The molecule has 0 atom stereocenters. The molecule has 0 aromatic heterocycles. The van der Waals surface area contributed by atoms with Gasteiger partial charge in [0.1, 0.15) is 0 Å². The van der Waals surface area contributed by atoms with Gasteiger partial charge in [-0.2, -0.15) is 0 Å². The summed E-state index contributed by atoms with van der Waals surface area (Å²) in [6.07, 6.45) is 18.4. The lowest BCUT2D eigenvalue weighted by Crippen LogP contribution is -2.31. The molecular weight excluding hydrogens is 192 g/mol. The molecule has 0 amide bonds. The first-order chi connectivity index (χ1) is 7.62. The second kappa shape index (κ2) is 3.48. The molecule has 0 aromatic carbocycles. The van der Waals surface area contributed by atoms with E-state index in [1.807, 2.05) is 0 Å². The van der Waals surface area contributed by atoms with Crippen molar-refractivity contribution in [1.29, 1.82) is 0 Å². The molecule has 1 fully saturated rings. The molecule has 1 saturated carbocycles. The van der Waals surface area contributed by atoms with Crippen molar-refractivity contribution in [1.82, 2.24) is 0 Å². The fourth-order valence-corrected chi connectivity index (χ4v) is 4.32. The van der Waals surface area contributed by atoms with E-state index in [0.29, 0.717) is 10.8 Å². The molecule has 0 heteroatoms. The first-order valence-electron chi connectivity index (χ1n) is 6.98. The predicted octanol–water partition coefficient (Wildman–Crippen LogP) is 4.73. The Morgan fingerprint density at radius 2 is 1.31 bits per heavy atom. The Bertz CT molecular complexity index is 310. The van der Waals surface area contributed by atoms with Crippen LogP contribution in [0.1, 0.15) is 52.4 Å². The average molecular weight is 216 g/mol. The van der Waals surface area contributed by atoms with Gasteiger partial charge in [0.2, 0.25) is 0 Å². The first kappa shape index (κ1) is 10.6. The van der Waals surface area contributed by atoms with Crippen LogP contribution in [0.5, 0.6) is 0 Å². The zero-order chi connectivity index (χ0) is 11.2. The molecule has 0 N–H and O–H groups in total. The van der Waals surface area contributed by atoms with Crippen LogP contribution in [0.15, 0.2) is 24.3 Å². The van der Waals surface area contributed by atoms with Gasteiger partial charge in [-0.15, -0.1) is 0 Å². The molecule has 0 aromatic rings. The lowest BCUT2D eigenvalue weighted by atomic mass is 9.64. The fourth-order valence-electron chi connectivity index (χ4n) is 4.32. The minimum atomic E-state index is 0.358. The van der Waals surface area contributed by atoms with E-state index >= 15 is 0 Å². The van der Waals surface area contributed by atoms with Gasteiger partial charge in [0.25, 0.3) is 0 Å². The molecule has 0 nitrogen and oxygen atoms in total. The van der Waals surface area contributed by atoms with Gasteiger partial charge >= 0.3 is 0 Å². The third-order valence-corrected chi connectivity index (χ3v) is 5.71. The van der Waals surface area contributed by atoms with E-state index < -0.39 is 0 Å². The molecule has 6 rings (SSSR count). The highest BCUT2D eigenvalue weighted by Crippen LogP contribution is 2.53. The van der Waals surface area contributed by atoms with Gasteiger partial charge in [-0.05, 0) is 55.8 Å². The SMILES string of the molecule is CC12C=CCC(C)(CC=C1)C1CCC2CC1. The van der Waals surface area contributed by atoms with Crippen LogP contribution in [0.2, 0.25) is 0 Å².